The molecule has 16 heavy (non-hydrogen) atoms. The van der Waals surface area contributed by atoms with Crippen molar-refractivity contribution in [2.45, 2.75) is 59.0 Å². The quantitative estimate of drug-likeness (QED) is 0.363. The van der Waals surface area contributed by atoms with Crippen LogP contribution in [-0.4, -0.2) is 17.9 Å². The van der Waals surface area contributed by atoms with Crippen molar-refractivity contribution in [2.75, 3.05) is 0 Å². The molecule has 3 nitrogen and oxygen atoms in total. The van der Waals surface area contributed by atoms with Crippen molar-refractivity contribution in [3.63, 3.8) is 0 Å². The lowest BCUT2D eigenvalue weighted by Crippen LogP contribution is -2.13. The summed E-state index contributed by atoms with van der Waals surface area (Å²) < 4.78 is 4.93. The van der Waals surface area contributed by atoms with Gasteiger partial charge in [0.15, 0.2) is 5.78 Å². The Hall–Kier alpha value is -1.12. The molecule has 0 saturated carbocycles. The largest absolute Gasteiger partial charge is 0.463 e. The van der Waals surface area contributed by atoms with Gasteiger partial charge in [-0.05, 0) is 25.8 Å². The molecular formula is C13H22O3. The van der Waals surface area contributed by atoms with E-state index in [1.165, 1.54) is 6.92 Å². The molecule has 0 aromatic heterocycles. The van der Waals surface area contributed by atoms with E-state index in [-0.39, 0.29) is 17.9 Å². The van der Waals surface area contributed by atoms with Crippen LogP contribution < -0.4 is 0 Å². The molecule has 3 heteroatoms. The van der Waals surface area contributed by atoms with Crippen molar-refractivity contribution in [1.29, 1.82) is 0 Å². The van der Waals surface area contributed by atoms with Gasteiger partial charge in [0.05, 0.1) is 6.10 Å². The van der Waals surface area contributed by atoms with Gasteiger partial charge in [-0.2, -0.15) is 0 Å². The Bertz CT molecular complexity index is 244. The lowest BCUT2D eigenvalue weighted by atomic mass is 10.1. The summed E-state index contributed by atoms with van der Waals surface area (Å²) in [5.41, 5.74) is 0. The first-order valence-electron chi connectivity index (χ1n) is 5.92. The number of allylic oxidation sites excluding steroid dienone is 2. The van der Waals surface area contributed by atoms with Crippen LogP contribution in [-0.2, 0) is 14.3 Å². The van der Waals surface area contributed by atoms with Crippen molar-refractivity contribution in [3.05, 3.63) is 12.2 Å². The number of carbonyl (C=O) groups is 2. The smallest absolute Gasteiger partial charge is 0.302 e. The molecule has 0 amide bonds. The maximum absolute atomic E-state index is 11.4. The molecular weight excluding hydrogens is 204 g/mol. The molecule has 0 aliphatic rings. The Balaban J connectivity index is 3.64. The average Bonchev–Trinajstić information content (AvgIpc) is 2.20. The Morgan fingerprint density at radius 3 is 2.62 bits per heavy atom. The molecule has 0 saturated heterocycles. The summed E-state index contributed by atoms with van der Waals surface area (Å²) in [4.78, 5) is 22.0. The number of esters is 1. The molecule has 0 heterocycles. The minimum absolute atomic E-state index is 0.107. The molecule has 0 N–H and O–H groups in total. The minimum atomic E-state index is -0.293. The van der Waals surface area contributed by atoms with Crippen LogP contribution in [0.1, 0.15) is 52.9 Å². The number of carbonyl (C=O) groups excluding carboxylic acids is 2. The van der Waals surface area contributed by atoms with E-state index in [1.54, 1.807) is 13.0 Å². The number of unbranched alkanes of at least 4 members (excludes halogenated alkanes) is 2. The highest BCUT2D eigenvalue weighted by Gasteiger charge is 2.06. The maximum atomic E-state index is 11.4. The fourth-order valence-electron chi connectivity index (χ4n) is 1.31. The van der Waals surface area contributed by atoms with Crippen molar-refractivity contribution >= 4 is 11.8 Å². The fourth-order valence-corrected chi connectivity index (χ4v) is 1.31. The number of ether oxygens (including phenoxy) is 1. The second-order valence-corrected chi connectivity index (χ2v) is 3.97. The lowest BCUT2D eigenvalue weighted by molar-refractivity contribution is -0.146. The number of rotatable bonds is 8. The molecule has 0 aliphatic carbocycles. The van der Waals surface area contributed by atoms with Gasteiger partial charge >= 0.3 is 5.97 Å². The van der Waals surface area contributed by atoms with Crippen molar-refractivity contribution in [2.24, 2.45) is 0 Å². The van der Waals surface area contributed by atoms with Gasteiger partial charge in [-0.1, -0.05) is 25.8 Å². The third-order valence-electron chi connectivity index (χ3n) is 2.19. The summed E-state index contributed by atoms with van der Waals surface area (Å²) in [6.45, 7) is 5.30. The zero-order valence-corrected chi connectivity index (χ0v) is 10.5. The van der Waals surface area contributed by atoms with Crippen molar-refractivity contribution in [1.82, 2.24) is 0 Å². The Labute approximate surface area is 97.9 Å². The van der Waals surface area contributed by atoms with Gasteiger partial charge < -0.3 is 4.74 Å². The van der Waals surface area contributed by atoms with Gasteiger partial charge in [-0.15, -0.1) is 0 Å². The fraction of sp³-hybridized carbons (Fsp3) is 0.692. The van der Waals surface area contributed by atoms with Gasteiger partial charge in [-0.25, -0.2) is 0 Å². The van der Waals surface area contributed by atoms with E-state index in [2.05, 4.69) is 6.92 Å². The molecule has 0 bridgehead atoms. The monoisotopic (exact) mass is 226 g/mol. The zero-order chi connectivity index (χ0) is 12.4. The highest BCUT2D eigenvalue weighted by atomic mass is 16.5. The summed E-state index contributed by atoms with van der Waals surface area (Å²) in [6.07, 6.45) is 7.63. The highest BCUT2D eigenvalue weighted by Crippen LogP contribution is 2.04. The van der Waals surface area contributed by atoms with Gasteiger partial charge in [0, 0.05) is 13.3 Å². The molecule has 0 rings (SSSR count). The van der Waals surface area contributed by atoms with E-state index >= 15 is 0 Å². The number of hydrogen-bond acceptors (Lipinski definition) is 3. The first-order chi connectivity index (χ1) is 7.56. The summed E-state index contributed by atoms with van der Waals surface area (Å²) in [7, 11) is 0. The first-order valence-corrected chi connectivity index (χ1v) is 5.92. The topological polar surface area (TPSA) is 43.4 Å². The van der Waals surface area contributed by atoms with E-state index in [1.807, 2.05) is 6.08 Å². The maximum Gasteiger partial charge on any atom is 0.302 e. The molecule has 1 atom stereocenters. The molecule has 0 aromatic rings. The average molecular weight is 226 g/mol. The van der Waals surface area contributed by atoms with E-state index in [4.69, 9.17) is 4.74 Å². The Morgan fingerprint density at radius 1 is 1.38 bits per heavy atom. The summed E-state index contributed by atoms with van der Waals surface area (Å²) in [5, 5.41) is 0. The highest BCUT2D eigenvalue weighted by molar-refractivity contribution is 5.89. The van der Waals surface area contributed by atoms with Crippen LogP contribution in [0, 0.1) is 0 Å². The third-order valence-corrected chi connectivity index (χ3v) is 2.19. The number of hydrogen-bond donors (Lipinski definition) is 0. The van der Waals surface area contributed by atoms with Gasteiger partial charge in [0.2, 0.25) is 0 Å². The second kappa shape index (κ2) is 9.13. The van der Waals surface area contributed by atoms with Gasteiger partial charge in [-0.3, -0.25) is 9.59 Å². The normalized spacial score (nSPS) is 12.7. The predicted octanol–water partition coefficient (Wildman–Crippen LogP) is 3.03. The van der Waals surface area contributed by atoms with Crippen LogP contribution in [0.3, 0.4) is 0 Å². The predicted molar refractivity (Wildman–Crippen MR) is 64.1 cm³/mol. The summed E-state index contributed by atoms with van der Waals surface area (Å²) in [6, 6.07) is 0. The Kier molecular flexibility index (Phi) is 8.49. The van der Waals surface area contributed by atoms with E-state index in [0.717, 1.165) is 19.3 Å². The second-order valence-electron chi connectivity index (χ2n) is 3.97. The van der Waals surface area contributed by atoms with Gasteiger partial charge in [0.1, 0.15) is 0 Å². The van der Waals surface area contributed by atoms with Crippen LogP contribution >= 0.6 is 0 Å². The molecule has 0 aliphatic heterocycles. The lowest BCUT2D eigenvalue weighted by Gasteiger charge is -2.09. The standard InChI is InChI=1S/C13H22O3/c1-4-5-6-7-8-13(15)10-9-11(2)16-12(3)14/h7-8,11H,4-6,9-10H2,1-3H3. The van der Waals surface area contributed by atoms with E-state index in [0.29, 0.717) is 12.8 Å². The van der Waals surface area contributed by atoms with E-state index in [9.17, 15) is 9.59 Å². The van der Waals surface area contributed by atoms with Crippen LogP contribution in [0.2, 0.25) is 0 Å². The van der Waals surface area contributed by atoms with Crippen LogP contribution in [0.25, 0.3) is 0 Å². The first kappa shape index (κ1) is 14.9. The molecule has 0 fully saturated rings. The molecule has 1 unspecified atom stereocenters. The van der Waals surface area contributed by atoms with Crippen LogP contribution in [0.5, 0.6) is 0 Å². The van der Waals surface area contributed by atoms with Crippen molar-refractivity contribution in [3.8, 4) is 0 Å². The van der Waals surface area contributed by atoms with Crippen LogP contribution in [0.4, 0.5) is 0 Å². The van der Waals surface area contributed by atoms with Crippen molar-refractivity contribution < 1.29 is 14.3 Å². The van der Waals surface area contributed by atoms with E-state index < -0.39 is 0 Å². The Morgan fingerprint density at radius 2 is 2.06 bits per heavy atom. The minimum Gasteiger partial charge on any atom is -0.463 e. The molecule has 0 radical (unpaired) electrons. The molecule has 0 aromatic carbocycles. The third kappa shape index (κ3) is 9.44. The summed E-state index contributed by atoms with van der Waals surface area (Å²) in [5.74, 6) is -0.187. The van der Waals surface area contributed by atoms with Gasteiger partial charge in [0.25, 0.3) is 0 Å². The number of ketones is 1. The zero-order valence-electron chi connectivity index (χ0n) is 10.5. The SMILES string of the molecule is CCCCC=CC(=O)CCC(C)OC(C)=O. The summed E-state index contributed by atoms with van der Waals surface area (Å²) >= 11 is 0. The van der Waals surface area contributed by atoms with Crippen LogP contribution in [0.15, 0.2) is 12.2 Å². The molecule has 0 spiro atoms. The molecule has 92 valence electrons.